The molecule has 2 aliphatic heterocycles. The van der Waals surface area contributed by atoms with E-state index in [1.54, 1.807) is 30.3 Å². The van der Waals surface area contributed by atoms with E-state index in [1.165, 1.54) is 31.2 Å². The van der Waals surface area contributed by atoms with Crippen molar-refractivity contribution in [2.45, 2.75) is 74.8 Å². The first kappa shape index (κ1) is 31.8. The van der Waals surface area contributed by atoms with Gasteiger partial charge in [0.05, 0.1) is 19.3 Å². The van der Waals surface area contributed by atoms with Gasteiger partial charge in [-0.15, -0.1) is 0 Å². The number of carbonyl (C=O) groups is 1. The molecule has 4 rings (SSSR count). The highest BCUT2D eigenvalue weighted by atomic mass is 16.7. The third kappa shape index (κ3) is 7.83. The summed E-state index contributed by atoms with van der Waals surface area (Å²) in [6.07, 6.45) is -11.6. The predicted octanol–water partition coefficient (Wildman–Crippen LogP) is -0.427. The molecule has 2 heterocycles. The molecule has 0 saturated carbocycles. The highest BCUT2D eigenvalue weighted by Gasteiger charge is 2.52. The van der Waals surface area contributed by atoms with Crippen molar-refractivity contribution in [3.8, 4) is 11.5 Å². The maximum absolute atomic E-state index is 12.8. The second-order valence-corrected chi connectivity index (χ2v) is 10.1. The zero-order valence-electron chi connectivity index (χ0n) is 22.7. The zero-order valence-corrected chi connectivity index (χ0v) is 22.7. The second kappa shape index (κ2) is 14.4. The van der Waals surface area contributed by atoms with Gasteiger partial charge in [0.2, 0.25) is 0 Å². The molecular weight excluding hydrogens is 556 g/mol. The van der Waals surface area contributed by atoms with Gasteiger partial charge in [0.15, 0.2) is 18.7 Å². The Kier molecular flexibility index (Phi) is 10.9. The van der Waals surface area contributed by atoms with Crippen molar-refractivity contribution in [3.05, 3.63) is 65.7 Å². The summed E-state index contributed by atoms with van der Waals surface area (Å²) in [7, 11) is 0. The van der Waals surface area contributed by atoms with Crippen molar-refractivity contribution in [2.24, 2.45) is 0 Å². The summed E-state index contributed by atoms with van der Waals surface area (Å²) in [5, 5.41) is 71.2. The first-order valence-electron chi connectivity index (χ1n) is 13.4. The van der Waals surface area contributed by atoms with Crippen LogP contribution in [0, 0.1) is 0 Å². The summed E-state index contributed by atoms with van der Waals surface area (Å²) in [6.45, 7) is 0.802. The van der Waals surface area contributed by atoms with E-state index >= 15 is 0 Å². The Labute approximate surface area is 241 Å². The van der Waals surface area contributed by atoms with E-state index in [-0.39, 0.29) is 18.1 Å². The number of hydrogen-bond donors (Lipinski definition) is 7. The number of aliphatic hydroxyl groups excluding tert-OH is 5. The van der Waals surface area contributed by atoms with Crippen LogP contribution < -0.4 is 0 Å². The molecule has 0 amide bonds. The van der Waals surface area contributed by atoms with Crippen molar-refractivity contribution >= 4 is 12.0 Å². The van der Waals surface area contributed by atoms with Gasteiger partial charge in [-0.05, 0) is 54.8 Å². The number of ether oxygens (including phenoxy) is 5. The Morgan fingerprint density at radius 1 is 0.881 bits per heavy atom. The molecule has 0 spiro atoms. The van der Waals surface area contributed by atoms with Gasteiger partial charge in [0, 0.05) is 6.08 Å². The fourth-order valence-corrected chi connectivity index (χ4v) is 4.69. The van der Waals surface area contributed by atoms with E-state index in [2.05, 4.69) is 0 Å². The molecule has 13 heteroatoms. The number of carbonyl (C=O) groups excluding carboxylic acids is 1. The highest BCUT2D eigenvalue weighted by molar-refractivity contribution is 5.87. The van der Waals surface area contributed by atoms with Crippen LogP contribution in [0.15, 0.2) is 54.6 Å². The monoisotopic (exact) mass is 592 g/mol. The number of phenols is 2. The number of aromatic hydroxyl groups is 2. The van der Waals surface area contributed by atoms with Crippen molar-refractivity contribution in [2.75, 3.05) is 13.2 Å². The number of benzene rings is 2. The van der Waals surface area contributed by atoms with Crippen molar-refractivity contribution in [1.82, 2.24) is 0 Å². The molecule has 0 aromatic heterocycles. The maximum atomic E-state index is 12.8. The lowest BCUT2D eigenvalue weighted by Crippen LogP contribution is -2.65. The highest BCUT2D eigenvalue weighted by Crippen LogP contribution is 2.31. The molecular formula is C29H36O13. The minimum absolute atomic E-state index is 0.0281. The number of phenolic OH excluding ortho intramolecular Hbond substituents is 2. The lowest BCUT2D eigenvalue weighted by molar-refractivity contribution is -0.357. The summed E-state index contributed by atoms with van der Waals surface area (Å²) >= 11 is 0. The average Bonchev–Trinajstić information content (AvgIpc) is 2.97. The number of aliphatic hydroxyl groups is 5. The summed E-state index contributed by atoms with van der Waals surface area (Å²) in [5.74, 6) is -0.758. The molecule has 42 heavy (non-hydrogen) atoms. The van der Waals surface area contributed by atoms with E-state index in [0.717, 1.165) is 11.6 Å². The molecule has 2 saturated heterocycles. The Hall–Kier alpha value is -3.11. The van der Waals surface area contributed by atoms with Gasteiger partial charge in [0.1, 0.15) is 48.1 Å². The Balaban J connectivity index is 1.51. The van der Waals surface area contributed by atoms with Gasteiger partial charge in [0.25, 0.3) is 0 Å². The first-order valence-corrected chi connectivity index (χ1v) is 13.4. The zero-order chi connectivity index (χ0) is 30.4. The average molecular weight is 593 g/mol. The van der Waals surface area contributed by atoms with E-state index in [0.29, 0.717) is 12.0 Å². The van der Waals surface area contributed by atoms with Gasteiger partial charge in [-0.1, -0.05) is 24.3 Å². The van der Waals surface area contributed by atoms with Crippen LogP contribution in [0.2, 0.25) is 0 Å². The Morgan fingerprint density at radius 3 is 2.31 bits per heavy atom. The molecule has 2 aromatic carbocycles. The molecule has 10 atom stereocenters. The van der Waals surface area contributed by atoms with Crippen molar-refractivity contribution in [1.29, 1.82) is 0 Å². The molecule has 2 fully saturated rings. The smallest absolute Gasteiger partial charge is 0.331 e. The molecule has 13 nitrogen and oxygen atoms in total. The lowest BCUT2D eigenvalue weighted by atomic mass is 9.97. The third-order valence-corrected chi connectivity index (χ3v) is 7.03. The van der Waals surface area contributed by atoms with Crippen LogP contribution in [0.25, 0.3) is 6.08 Å². The summed E-state index contributed by atoms with van der Waals surface area (Å²) in [6, 6.07) is 12.5. The topological polar surface area (TPSA) is 205 Å². The minimum Gasteiger partial charge on any atom is -0.508 e. The van der Waals surface area contributed by atoms with Crippen LogP contribution >= 0.6 is 0 Å². The van der Waals surface area contributed by atoms with Crippen LogP contribution in [0.1, 0.15) is 18.1 Å². The number of esters is 1. The molecule has 0 aliphatic carbocycles. The van der Waals surface area contributed by atoms with E-state index in [1.807, 2.05) is 0 Å². The van der Waals surface area contributed by atoms with Gasteiger partial charge in [-0.2, -0.15) is 0 Å². The van der Waals surface area contributed by atoms with Gasteiger partial charge >= 0.3 is 5.97 Å². The molecule has 2 aromatic rings. The third-order valence-electron chi connectivity index (χ3n) is 7.03. The standard InChI is InChI=1S/C29H36O13/c1-15-22(34)23(35)24(36)29(39-15)42-27-25(37)28(38-12-11-17-3-2-4-19(32)13-17)40-20(14-30)26(27)41-21(33)10-7-16-5-8-18(31)9-6-16/h2-10,13,15,20,22-32,34-37H,11-12,14H2,1H3/t15-,20+,22-,23+,24+,25+,26+,27+,28+,29-/m0/s1. The normalized spacial score (nSPS) is 33.5. The molecule has 230 valence electrons. The van der Waals surface area contributed by atoms with E-state index in [4.69, 9.17) is 23.7 Å². The van der Waals surface area contributed by atoms with Gasteiger partial charge < -0.3 is 59.4 Å². The SMILES string of the molecule is C[C@@H]1O[C@@H](O[C@@H]2[C@@H](O)[C@H](OCCc3cccc(O)c3)O[C@H](CO)[C@H]2OC(=O)C=Cc2ccc(O)cc2)[C@H](O)[C@H](O)[C@H]1O. The summed E-state index contributed by atoms with van der Waals surface area (Å²) in [5.41, 5.74) is 1.33. The number of rotatable bonds is 10. The Bertz CT molecular complexity index is 1190. The molecule has 0 radical (unpaired) electrons. The van der Waals surface area contributed by atoms with E-state index in [9.17, 15) is 40.5 Å². The summed E-state index contributed by atoms with van der Waals surface area (Å²) in [4.78, 5) is 12.8. The Morgan fingerprint density at radius 2 is 1.62 bits per heavy atom. The first-order chi connectivity index (χ1) is 20.1. The molecule has 0 bridgehead atoms. The van der Waals surface area contributed by atoms with Crippen LogP contribution in [-0.2, 0) is 34.9 Å². The molecule has 7 N–H and O–H groups in total. The molecule has 0 unspecified atom stereocenters. The fraction of sp³-hybridized carbons (Fsp3) is 0.483. The van der Waals surface area contributed by atoms with E-state index < -0.39 is 74.0 Å². The van der Waals surface area contributed by atoms with Crippen LogP contribution in [0.3, 0.4) is 0 Å². The molecule has 2 aliphatic rings. The second-order valence-electron chi connectivity index (χ2n) is 10.1. The van der Waals surface area contributed by atoms with Crippen molar-refractivity contribution < 1.29 is 64.2 Å². The van der Waals surface area contributed by atoms with Gasteiger partial charge in [-0.3, -0.25) is 0 Å². The lowest BCUT2D eigenvalue weighted by Gasteiger charge is -2.46. The van der Waals surface area contributed by atoms with Gasteiger partial charge in [-0.25, -0.2) is 4.79 Å². The number of hydrogen-bond acceptors (Lipinski definition) is 13. The van der Waals surface area contributed by atoms with Crippen LogP contribution in [0.4, 0.5) is 0 Å². The fourth-order valence-electron chi connectivity index (χ4n) is 4.69. The minimum atomic E-state index is -1.73. The van der Waals surface area contributed by atoms with Crippen LogP contribution in [0.5, 0.6) is 11.5 Å². The quantitative estimate of drug-likeness (QED) is 0.138. The maximum Gasteiger partial charge on any atom is 0.331 e. The van der Waals surface area contributed by atoms with Crippen LogP contribution in [-0.4, -0.2) is 116 Å². The van der Waals surface area contributed by atoms with Crippen molar-refractivity contribution in [3.63, 3.8) is 0 Å². The summed E-state index contributed by atoms with van der Waals surface area (Å²) < 4.78 is 28.4. The predicted molar refractivity (Wildman–Crippen MR) is 144 cm³/mol. The largest absolute Gasteiger partial charge is 0.508 e.